The molecular formula is C18H15ClN2O3. The molecule has 0 radical (unpaired) electrons. The summed E-state index contributed by atoms with van der Waals surface area (Å²) in [5, 5.41) is 7.30. The van der Waals surface area contributed by atoms with Crippen molar-refractivity contribution in [3.8, 4) is 17.0 Å². The van der Waals surface area contributed by atoms with Gasteiger partial charge in [-0.1, -0.05) is 35.0 Å². The second kappa shape index (κ2) is 7.19. The number of benzene rings is 2. The van der Waals surface area contributed by atoms with Gasteiger partial charge < -0.3 is 14.6 Å². The fraction of sp³-hybridized carbons (Fsp3) is 0.111. The van der Waals surface area contributed by atoms with Crippen LogP contribution in [0.25, 0.3) is 11.3 Å². The Balaban J connectivity index is 1.68. The Hall–Kier alpha value is -2.79. The van der Waals surface area contributed by atoms with E-state index in [9.17, 15) is 4.79 Å². The molecule has 1 heterocycles. The zero-order valence-electron chi connectivity index (χ0n) is 13.0. The molecule has 6 heteroatoms. The summed E-state index contributed by atoms with van der Waals surface area (Å²) in [5.41, 5.74) is 2.26. The van der Waals surface area contributed by atoms with Crippen LogP contribution in [-0.4, -0.2) is 18.2 Å². The number of ether oxygens (including phenoxy) is 1. The van der Waals surface area contributed by atoms with Crippen molar-refractivity contribution in [1.29, 1.82) is 0 Å². The molecule has 0 saturated carbocycles. The number of rotatable bonds is 5. The zero-order chi connectivity index (χ0) is 16.9. The van der Waals surface area contributed by atoms with E-state index in [1.54, 1.807) is 19.2 Å². The first-order valence-electron chi connectivity index (χ1n) is 7.30. The molecule has 0 aliphatic carbocycles. The number of halogens is 1. The van der Waals surface area contributed by atoms with Gasteiger partial charge in [0.2, 0.25) is 5.76 Å². The van der Waals surface area contributed by atoms with Crippen molar-refractivity contribution in [1.82, 2.24) is 10.5 Å². The van der Waals surface area contributed by atoms with E-state index in [1.807, 2.05) is 42.5 Å². The van der Waals surface area contributed by atoms with Crippen LogP contribution in [0.4, 0.5) is 0 Å². The smallest absolute Gasteiger partial charge is 0.290 e. The summed E-state index contributed by atoms with van der Waals surface area (Å²) < 4.78 is 10.2. The van der Waals surface area contributed by atoms with Crippen LogP contribution in [0.3, 0.4) is 0 Å². The fourth-order valence-corrected chi connectivity index (χ4v) is 2.39. The van der Waals surface area contributed by atoms with Gasteiger partial charge in [0.05, 0.1) is 7.11 Å². The Morgan fingerprint density at radius 1 is 1.21 bits per heavy atom. The average molecular weight is 343 g/mol. The van der Waals surface area contributed by atoms with Crippen molar-refractivity contribution in [3.05, 3.63) is 70.9 Å². The summed E-state index contributed by atoms with van der Waals surface area (Å²) in [6, 6.07) is 16.3. The minimum absolute atomic E-state index is 0.146. The molecule has 0 saturated heterocycles. The molecule has 0 atom stereocenters. The lowest BCUT2D eigenvalue weighted by atomic mass is 10.1. The molecule has 24 heavy (non-hydrogen) atoms. The van der Waals surface area contributed by atoms with Gasteiger partial charge in [0.25, 0.3) is 5.91 Å². The Kier molecular flexibility index (Phi) is 4.82. The maximum Gasteiger partial charge on any atom is 0.290 e. The third-order valence-corrected chi connectivity index (χ3v) is 3.89. The zero-order valence-corrected chi connectivity index (χ0v) is 13.7. The number of carbonyl (C=O) groups is 1. The second-order valence-electron chi connectivity index (χ2n) is 5.08. The van der Waals surface area contributed by atoms with E-state index in [0.717, 1.165) is 16.9 Å². The molecule has 122 valence electrons. The summed E-state index contributed by atoms with van der Waals surface area (Å²) in [4.78, 5) is 12.2. The molecule has 3 rings (SSSR count). The predicted molar refractivity (Wildman–Crippen MR) is 91.1 cm³/mol. The number of nitrogens with zero attached hydrogens (tertiary/aromatic N) is 1. The van der Waals surface area contributed by atoms with E-state index in [2.05, 4.69) is 10.5 Å². The Labute approximate surface area is 144 Å². The Morgan fingerprint density at radius 2 is 1.96 bits per heavy atom. The minimum atomic E-state index is -0.345. The quantitative estimate of drug-likeness (QED) is 0.763. The highest BCUT2D eigenvalue weighted by molar-refractivity contribution is 6.31. The third kappa shape index (κ3) is 3.58. The van der Waals surface area contributed by atoms with E-state index in [-0.39, 0.29) is 11.7 Å². The monoisotopic (exact) mass is 342 g/mol. The highest BCUT2D eigenvalue weighted by atomic mass is 35.5. The average Bonchev–Trinajstić information content (AvgIpc) is 3.11. The van der Waals surface area contributed by atoms with Gasteiger partial charge in [-0.25, -0.2) is 0 Å². The number of methoxy groups -OCH3 is 1. The molecular weight excluding hydrogens is 328 g/mol. The molecule has 1 N–H and O–H groups in total. The van der Waals surface area contributed by atoms with Crippen LogP contribution in [0, 0.1) is 0 Å². The number of amides is 1. The third-order valence-electron chi connectivity index (χ3n) is 3.52. The number of nitrogens with one attached hydrogen (secondary N) is 1. The van der Waals surface area contributed by atoms with E-state index < -0.39 is 0 Å². The van der Waals surface area contributed by atoms with Crippen LogP contribution in [0.5, 0.6) is 5.75 Å². The first kappa shape index (κ1) is 16.1. The summed E-state index contributed by atoms with van der Waals surface area (Å²) in [6.45, 7) is 0.317. The van der Waals surface area contributed by atoms with Crippen LogP contribution in [0.1, 0.15) is 16.1 Å². The van der Waals surface area contributed by atoms with Crippen molar-refractivity contribution in [2.24, 2.45) is 0 Å². The molecule has 0 bridgehead atoms. The van der Waals surface area contributed by atoms with Crippen LogP contribution < -0.4 is 10.1 Å². The highest BCUT2D eigenvalue weighted by Gasteiger charge is 2.14. The van der Waals surface area contributed by atoms with Crippen LogP contribution in [-0.2, 0) is 6.54 Å². The van der Waals surface area contributed by atoms with E-state index >= 15 is 0 Å². The largest absolute Gasteiger partial charge is 0.497 e. The second-order valence-corrected chi connectivity index (χ2v) is 5.49. The molecule has 2 aromatic carbocycles. The topological polar surface area (TPSA) is 64.4 Å². The predicted octanol–water partition coefficient (Wildman–Crippen LogP) is 3.93. The molecule has 0 fully saturated rings. The molecule has 0 spiro atoms. The Bertz CT molecular complexity index is 843. The maximum absolute atomic E-state index is 12.2. The van der Waals surface area contributed by atoms with Crippen molar-refractivity contribution >= 4 is 17.5 Å². The van der Waals surface area contributed by atoms with Gasteiger partial charge >= 0.3 is 0 Å². The van der Waals surface area contributed by atoms with Gasteiger partial charge in [-0.15, -0.1) is 0 Å². The standard InChI is InChI=1S/C18H15ClN2O3/c1-23-14-8-6-12(7-9-14)16-10-17(24-21-16)18(22)20-11-13-4-2-3-5-15(13)19/h2-10H,11H2,1H3,(H,20,22). The molecule has 0 aliphatic heterocycles. The SMILES string of the molecule is COc1ccc(-c2cc(C(=O)NCc3ccccc3Cl)on2)cc1. The van der Waals surface area contributed by atoms with E-state index in [1.165, 1.54) is 0 Å². The van der Waals surface area contributed by atoms with Gasteiger partial charge in [-0.3, -0.25) is 4.79 Å². The Morgan fingerprint density at radius 3 is 2.67 bits per heavy atom. The van der Waals surface area contributed by atoms with Crippen LogP contribution in [0.2, 0.25) is 5.02 Å². The molecule has 1 amide bonds. The van der Waals surface area contributed by atoms with Crippen molar-refractivity contribution < 1.29 is 14.1 Å². The molecule has 3 aromatic rings. The van der Waals surface area contributed by atoms with E-state index in [4.69, 9.17) is 20.9 Å². The normalized spacial score (nSPS) is 10.4. The lowest BCUT2D eigenvalue weighted by Gasteiger charge is -2.04. The minimum Gasteiger partial charge on any atom is -0.497 e. The van der Waals surface area contributed by atoms with Crippen molar-refractivity contribution in [2.75, 3.05) is 7.11 Å². The van der Waals surface area contributed by atoms with Gasteiger partial charge in [0.15, 0.2) is 0 Å². The van der Waals surface area contributed by atoms with Crippen molar-refractivity contribution in [3.63, 3.8) is 0 Å². The molecule has 5 nitrogen and oxygen atoms in total. The summed E-state index contributed by atoms with van der Waals surface area (Å²) in [7, 11) is 1.60. The van der Waals surface area contributed by atoms with Gasteiger partial charge in [0.1, 0.15) is 11.4 Å². The number of carbonyl (C=O) groups excluding carboxylic acids is 1. The number of aromatic nitrogens is 1. The first-order valence-corrected chi connectivity index (χ1v) is 7.68. The van der Waals surface area contributed by atoms with Gasteiger partial charge in [-0.2, -0.15) is 0 Å². The number of hydrogen-bond acceptors (Lipinski definition) is 4. The van der Waals surface area contributed by atoms with Gasteiger partial charge in [0, 0.05) is 23.2 Å². The summed E-state index contributed by atoms with van der Waals surface area (Å²) in [6.07, 6.45) is 0. The van der Waals surface area contributed by atoms with E-state index in [0.29, 0.717) is 17.3 Å². The fourth-order valence-electron chi connectivity index (χ4n) is 2.18. The molecule has 0 aliphatic rings. The van der Waals surface area contributed by atoms with Gasteiger partial charge in [-0.05, 0) is 35.9 Å². The van der Waals surface area contributed by atoms with Crippen molar-refractivity contribution in [2.45, 2.75) is 6.54 Å². The van der Waals surface area contributed by atoms with Crippen LogP contribution in [0.15, 0.2) is 59.1 Å². The lowest BCUT2D eigenvalue weighted by molar-refractivity contribution is 0.0914. The molecule has 1 aromatic heterocycles. The summed E-state index contributed by atoms with van der Waals surface area (Å²) >= 11 is 6.07. The highest BCUT2D eigenvalue weighted by Crippen LogP contribution is 2.22. The first-order chi connectivity index (χ1) is 11.7. The number of hydrogen-bond donors (Lipinski definition) is 1. The van der Waals surface area contributed by atoms with Crippen LogP contribution >= 0.6 is 11.6 Å². The molecule has 0 unspecified atom stereocenters. The summed E-state index contributed by atoms with van der Waals surface area (Å²) in [5.74, 6) is 0.551. The maximum atomic E-state index is 12.2. The lowest BCUT2D eigenvalue weighted by Crippen LogP contribution is -2.22.